The Morgan fingerprint density at radius 3 is 2.79 bits per heavy atom. The largest absolute Gasteiger partial charge is 0.480 e. The number of carbonyl (C=O) groups excluding carboxylic acids is 2. The van der Waals surface area contributed by atoms with Gasteiger partial charge in [-0.15, -0.1) is 0 Å². The van der Waals surface area contributed by atoms with Crippen LogP contribution in [-0.4, -0.2) is 59.4 Å². The van der Waals surface area contributed by atoms with Gasteiger partial charge in [0.05, 0.1) is 17.7 Å². The number of likely N-dealkylation sites (tertiary alicyclic amines) is 1. The fraction of sp³-hybridized carbons (Fsp3) is 0.688. The third kappa shape index (κ3) is 2.64. The van der Waals surface area contributed by atoms with Crippen molar-refractivity contribution in [2.24, 2.45) is 24.1 Å². The Morgan fingerprint density at radius 2 is 2.21 bits per heavy atom. The highest BCUT2D eigenvalue weighted by atomic mass is 16.5. The summed E-state index contributed by atoms with van der Waals surface area (Å²) in [7, 11) is 1.83. The Kier molecular flexibility index (Phi) is 4.25. The van der Waals surface area contributed by atoms with E-state index < -0.39 is 5.41 Å². The van der Waals surface area contributed by atoms with Crippen molar-refractivity contribution in [2.45, 2.75) is 20.3 Å². The molecule has 0 aromatic carbocycles. The van der Waals surface area contributed by atoms with Gasteiger partial charge < -0.3 is 20.1 Å². The first-order valence-corrected chi connectivity index (χ1v) is 8.13. The number of aromatic nitrogens is 2. The Hall–Kier alpha value is -2.09. The van der Waals surface area contributed by atoms with Gasteiger partial charge in [0.15, 0.2) is 12.4 Å². The summed E-state index contributed by atoms with van der Waals surface area (Å²) < 4.78 is 12.9. The van der Waals surface area contributed by atoms with Crippen LogP contribution in [0.4, 0.5) is 0 Å². The van der Waals surface area contributed by atoms with Gasteiger partial charge in [0, 0.05) is 32.7 Å². The van der Waals surface area contributed by atoms with Gasteiger partial charge in [0.25, 0.3) is 5.91 Å². The molecule has 3 rings (SSSR count). The molecule has 8 heteroatoms. The predicted molar refractivity (Wildman–Crippen MR) is 85.3 cm³/mol. The summed E-state index contributed by atoms with van der Waals surface area (Å²) in [6.45, 7) is 5.47. The molecule has 24 heavy (non-hydrogen) atoms. The third-order valence-electron chi connectivity index (χ3n) is 5.33. The first-order chi connectivity index (χ1) is 11.3. The van der Waals surface area contributed by atoms with Gasteiger partial charge >= 0.3 is 0 Å². The summed E-state index contributed by atoms with van der Waals surface area (Å²) in [5, 5.41) is 4.27. The number of aryl methyl sites for hydroxylation is 2. The molecule has 2 amide bonds. The Labute approximate surface area is 140 Å². The molecule has 1 aromatic rings. The molecule has 0 radical (unpaired) electrons. The van der Waals surface area contributed by atoms with E-state index in [1.54, 1.807) is 9.58 Å². The summed E-state index contributed by atoms with van der Waals surface area (Å²) in [6, 6.07) is 0. The number of ether oxygens (including phenoxy) is 2. The van der Waals surface area contributed by atoms with Crippen LogP contribution in [0.15, 0.2) is 0 Å². The van der Waals surface area contributed by atoms with E-state index in [0.717, 1.165) is 11.4 Å². The lowest BCUT2D eigenvalue weighted by Gasteiger charge is -2.34. The van der Waals surface area contributed by atoms with Gasteiger partial charge in [0.2, 0.25) is 5.91 Å². The molecule has 2 saturated heterocycles. The van der Waals surface area contributed by atoms with Crippen LogP contribution in [-0.2, 0) is 21.4 Å². The SMILES string of the molecule is Cc1nn(C)c(C)c1OCC(=O)N1C[C@@H]2COCC[C@]2(C(N)=O)C1. The molecule has 0 spiro atoms. The molecule has 3 heterocycles. The zero-order valence-corrected chi connectivity index (χ0v) is 14.4. The van der Waals surface area contributed by atoms with Crippen LogP contribution in [0.3, 0.4) is 0 Å². The van der Waals surface area contributed by atoms with Crippen molar-refractivity contribution in [3.63, 3.8) is 0 Å². The van der Waals surface area contributed by atoms with E-state index >= 15 is 0 Å². The highest BCUT2D eigenvalue weighted by molar-refractivity contribution is 5.85. The zero-order chi connectivity index (χ0) is 17.5. The summed E-state index contributed by atoms with van der Waals surface area (Å²) in [5.74, 6) is 0.114. The van der Waals surface area contributed by atoms with E-state index in [4.69, 9.17) is 15.2 Å². The average molecular weight is 336 g/mol. The first-order valence-electron chi connectivity index (χ1n) is 8.13. The topological polar surface area (TPSA) is 99.7 Å². The second kappa shape index (κ2) is 6.08. The zero-order valence-electron chi connectivity index (χ0n) is 14.4. The normalized spacial score (nSPS) is 26.3. The molecular formula is C16H24N4O4. The maximum absolute atomic E-state index is 12.5. The van der Waals surface area contributed by atoms with Crippen LogP contribution < -0.4 is 10.5 Å². The molecule has 0 aliphatic carbocycles. The molecule has 132 valence electrons. The van der Waals surface area contributed by atoms with Crippen molar-refractivity contribution >= 4 is 11.8 Å². The minimum absolute atomic E-state index is 0.0328. The molecule has 2 N–H and O–H groups in total. The number of nitrogens with zero attached hydrogens (tertiary/aromatic N) is 3. The number of rotatable bonds is 4. The summed E-state index contributed by atoms with van der Waals surface area (Å²) >= 11 is 0. The summed E-state index contributed by atoms with van der Waals surface area (Å²) in [6.07, 6.45) is 0.568. The van der Waals surface area contributed by atoms with Crippen LogP contribution in [0, 0.1) is 25.2 Å². The standard InChI is InChI=1S/C16H24N4O4/c1-10-14(11(2)19(3)18-10)24-8-13(21)20-6-12-7-23-5-4-16(12,9-20)15(17)22/h12H,4-9H2,1-3H3,(H2,17,22)/t12-,16+/m1/s1. The molecule has 2 fully saturated rings. The summed E-state index contributed by atoms with van der Waals surface area (Å²) in [5.41, 5.74) is 6.60. The van der Waals surface area contributed by atoms with Crippen molar-refractivity contribution < 1.29 is 19.1 Å². The predicted octanol–water partition coefficient (Wildman–Crippen LogP) is -0.234. The molecule has 0 saturated carbocycles. The van der Waals surface area contributed by atoms with Crippen molar-refractivity contribution in [1.82, 2.24) is 14.7 Å². The quantitative estimate of drug-likeness (QED) is 0.818. The molecular weight excluding hydrogens is 312 g/mol. The third-order valence-corrected chi connectivity index (χ3v) is 5.33. The molecule has 8 nitrogen and oxygen atoms in total. The van der Waals surface area contributed by atoms with Crippen LogP contribution >= 0.6 is 0 Å². The van der Waals surface area contributed by atoms with Gasteiger partial charge in [-0.3, -0.25) is 14.3 Å². The lowest BCUT2D eigenvalue weighted by molar-refractivity contribution is -0.136. The van der Waals surface area contributed by atoms with E-state index in [9.17, 15) is 9.59 Å². The van der Waals surface area contributed by atoms with E-state index in [0.29, 0.717) is 38.5 Å². The number of nitrogens with two attached hydrogens (primary N) is 1. The van der Waals surface area contributed by atoms with Gasteiger partial charge in [-0.1, -0.05) is 0 Å². The second-order valence-electron chi connectivity index (χ2n) is 6.73. The van der Waals surface area contributed by atoms with Crippen LogP contribution in [0.1, 0.15) is 17.8 Å². The number of hydrogen-bond acceptors (Lipinski definition) is 5. The lowest BCUT2D eigenvalue weighted by atomic mass is 9.74. The Morgan fingerprint density at radius 1 is 1.46 bits per heavy atom. The number of hydrogen-bond donors (Lipinski definition) is 1. The number of primary amides is 1. The van der Waals surface area contributed by atoms with Gasteiger partial charge in [-0.2, -0.15) is 5.10 Å². The fourth-order valence-electron chi connectivity index (χ4n) is 3.73. The van der Waals surface area contributed by atoms with E-state index in [1.165, 1.54) is 0 Å². The molecule has 0 bridgehead atoms. The van der Waals surface area contributed by atoms with Crippen LogP contribution in [0.25, 0.3) is 0 Å². The van der Waals surface area contributed by atoms with Crippen molar-refractivity contribution in [3.05, 3.63) is 11.4 Å². The molecule has 0 unspecified atom stereocenters. The van der Waals surface area contributed by atoms with E-state index in [1.807, 2.05) is 20.9 Å². The minimum atomic E-state index is -0.659. The van der Waals surface area contributed by atoms with Crippen molar-refractivity contribution in [3.8, 4) is 5.75 Å². The number of carbonyl (C=O) groups is 2. The monoisotopic (exact) mass is 336 g/mol. The van der Waals surface area contributed by atoms with E-state index in [2.05, 4.69) is 5.10 Å². The van der Waals surface area contributed by atoms with Crippen molar-refractivity contribution in [1.29, 1.82) is 0 Å². The van der Waals surface area contributed by atoms with E-state index in [-0.39, 0.29) is 24.3 Å². The number of fused-ring (bicyclic) bond motifs is 1. The highest BCUT2D eigenvalue weighted by Gasteiger charge is 2.53. The van der Waals surface area contributed by atoms with Crippen molar-refractivity contribution in [2.75, 3.05) is 32.9 Å². The Balaban J connectivity index is 1.67. The maximum atomic E-state index is 12.5. The van der Waals surface area contributed by atoms with Gasteiger partial charge in [0.1, 0.15) is 5.69 Å². The molecule has 2 atom stereocenters. The van der Waals surface area contributed by atoms with Gasteiger partial charge in [-0.25, -0.2) is 0 Å². The van der Waals surface area contributed by atoms with Gasteiger partial charge in [-0.05, 0) is 20.3 Å². The fourth-order valence-corrected chi connectivity index (χ4v) is 3.73. The van der Waals surface area contributed by atoms with Crippen LogP contribution in [0.5, 0.6) is 5.75 Å². The number of amides is 2. The molecule has 2 aliphatic heterocycles. The molecule has 2 aliphatic rings. The second-order valence-corrected chi connectivity index (χ2v) is 6.73. The lowest BCUT2D eigenvalue weighted by Crippen LogP contribution is -2.48. The highest BCUT2D eigenvalue weighted by Crippen LogP contribution is 2.42. The molecule has 1 aromatic heterocycles. The average Bonchev–Trinajstić information content (AvgIpc) is 3.05. The summed E-state index contributed by atoms with van der Waals surface area (Å²) in [4.78, 5) is 26.2. The first kappa shape index (κ1) is 16.8. The minimum Gasteiger partial charge on any atom is -0.480 e. The maximum Gasteiger partial charge on any atom is 0.260 e. The smallest absolute Gasteiger partial charge is 0.260 e. The Bertz CT molecular complexity index is 671. The van der Waals surface area contributed by atoms with Crippen LogP contribution in [0.2, 0.25) is 0 Å².